The van der Waals surface area contributed by atoms with E-state index in [0.29, 0.717) is 11.6 Å². The fourth-order valence-electron chi connectivity index (χ4n) is 6.18. The average Bonchev–Trinajstić information content (AvgIpc) is 2.72. The van der Waals surface area contributed by atoms with Crippen LogP contribution in [0, 0.1) is 23.7 Å². The molecule has 0 unspecified atom stereocenters. The predicted molar refractivity (Wildman–Crippen MR) is 109 cm³/mol. The quantitative estimate of drug-likeness (QED) is 0.542. The summed E-state index contributed by atoms with van der Waals surface area (Å²) in [6, 6.07) is 0. The maximum absolute atomic E-state index is 13.2. The Labute approximate surface area is 164 Å². The fraction of sp³-hybridized carbons (Fsp3) is 0.760. The monoisotopic (exact) mass is 368 g/mol. The Balaban J connectivity index is 1.41. The van der Waals surface area contributed by atoms with E-state index in [0.717, 1.165) is 70.6 Å². The van der Waals surface area contributed by atoms with E-state index in [-0.39, 0.29) is 23.7 Å². The van der Waals surface area contributed by atoms with Gasteiger partial charge < -0.3 is 0 Å². The van der Waals surface area contributed by atoms with Crippen LogP contribution < -0.4 is 0 Å². The molecule has 4 atom stereocenters. The van der Waals surface area contributed by atoms with Crippen molar-refractivity contribution in [3.8, 4) is 0 Å². The molecule has 0 aromatic rings. The Kier molecular flexibility index (Phi) is 6.30. The molecule has 0 amide bonds. The minimum Gasteiger partial charge on any atom is -0.299 e. The van der Waals surface area contributed by atoms with E-state index in [1.807, 2.05) is 0 Å². The zero-order chi connectivity index (χ0) is 18.6. The lowest BCUT2D eigenvalue weighted by Gasteiger charge is -2.35. The summed E-state index contributed by atoms with van der Waals surface area (Å²) in [7, 11) is 0. The lowest BCUT2D eigenvalue weighted by molar-refractivity contribution is -0.132. The maximum Gasteiger partial charge on any atom is 0.143 e. The van der Waals surface area contributed by atoms with Gasteiger partial charge in [0, 0.05) is 23.7 Å². The Hall–Kier alpha value is -1.18. The summed E-state index contributed by atoms with van der Waals surface area (Å²) < 4.78 is 0. The van der Waals surface area contributed by atoms with E-state index in [2.05, 4.69) is 12.2 Å². The highest BCUT2D eigenvalue weighted by atomic mass is 16.1. The molecule has 0 aromatic carbocycles. The van der Waals surface area contributed by atoms with Crippen molar-refractivity contribution in [2.45, 2.75) is 96.3 Å². The summed E-state index contributed by atoms with van der Waals surface area (Å²) in [5, 5.41) is 0. The van der Waals surface area contributed by atoms with Gasteiger partial charge in [-0.15, -0.1) is 0 Å². The second kappa shape index (κ2) is 8.88. The molecule has 148 valence electrons. The summed E-state index contributed by atoms with van der Waals surface area (Å²) in [6.07, 6.45) is 21.6. The van der Waals surface area contributed by atoms with Crippen molar-refractivity contribution in [3.05, 3.63) is 23.3 Å². The summed E-state index contributed by atoms with van der Waals surface area (Å²) in [5.74, 6) is 1.58. The number of ketones is 2. The van der Waals surface area contributed by atoms with E-state index in [4.69, 9.17) is 0 Å². The smallest absolute Gasteiger partial charge is 0.143 e. The third kappa shape index (κ3) is 4.30. The highest BCUT2D eigenvalue weighted by molar-refractivity contribution is 5.89. The second-order valence-electron chi connectivity index (χ2n) is 9.45. The molecule has 0 aromatic heterocycles. The first-order valence-corrected chi connectivity index (χ1v) is 11.7. The molecule has 0 N–H and O–H groups in total. The van der Waals surface area contributed by atoms with Gasteiger partial charge in [0.1, 0.15) is 11.6 Å². The second-order valence-corrected chi connectivity index (χ2v) is 9.45. The first-order chi connectivity index (χ1) is 13.2. The molecule has 4 rings (SSSR count). The molecule has 0 spiro atoms. The maximum atomic E-state index is 13.2. The molecule has 0 heterocycles. The number of Topliss-reactive ketones (excluding diaryl/α,β-unsaturated/α-hetero) is 2. The number of carbonyl (C=O) groups excluding carboxylic acids is 2. The molecular weight excluding hydrogens is 332 g/mol. The van der Waals surface area contributed by atoms with Crippen molar-refractivity contribution >= 4 is 11.6 Å². The summed E-state index contributed by atoms with van der Waals surface area (Å²) >= 11 is 0. The number of hydrogen-bond donors (Lipinski definition) is 0. The molecule has 4 aliphatic rings. The van der Waals surface area contributed by atoms with Gasteiger partial charge in [0.05, 0.1) is 0 Å². The lowest BCUT2D eigenvalue weighted by Crippen LogP contribution is -2.36. The van der Waals surface area contributed by atoms with Crippen molar-refractivity contribution in [1.29, 1.82) is 0 Å². The summed E-state index contributed by atoms with van der Waals surface area (Å²) in [6.45, 7) is 0. The van der Waals surface area contributed by atoms with Crippen molar-refractivity contribution in [2.75, 3.05) is 0 Å². The zero-order valence-corrected chi connectivity index (χ0v) is 16.9. The molecule has 2 nitrogen and oxygen atoms in total. The molecule has 0 aliphatic heterocycles. The highest BCUT2D eigenvalue weighted by Crippen LogP contribution is 2.41. The molecule has 4 aliphatic carbocycles. The molecule has 2 saturated carbocycles. The van der Waals surface area contributed by atoms with Crippen LogP contribution in [0.4, 0.5) is 0 Å². The molecule has 0 bridgehead atoms. The van der Waals surface area contributed by atoms with Crippen molar-refractivity contribution in [3.63, 3.8) is 0 Å². The number of hydrogen-bond acceptors (Lipinski definition) is 2. The van der Waals surface area contributed by atoms with Gasteiger partial charge >= 0.3 is 0 Å². The standard InChI is InChI=1S/C25H36O2/c26-24-20(13-7-15-22(24)18-9-3-1-4-10-18)17-21-14-8-16-23(25(21)27)19-11-5-2-6-12-19/h9,11,20-23H,1-8,10,12-17H2/t20-,21-,22+,23+/m0/s1. The molecule has 0 radical (unpaired) electrons. The third-order valence-electron chi connectivity index (χ3n) is 7.70. The predicted octanol–water partition coefficient (Wildman–Crippen LogP) is 6.35. The van der Waals surface area contributed by atoms with E-state index < -0.39 is 0 Å². The van der Waals surface area contributed by atoms with Crippen molar-refractivity contribution in [2.24, 2.45) is 23.7 Å². The highest BCUT2D eigenvalue weighted by Gasteiger charge is 2.39. The van der Waals surface area contributed by atoms with Gasteiger partial charge in [-0.3, -0.25) is 9.59 Å². The number of rotatable bonds is 4. The van der Waals surface area contributed by atoms with Crippen LogP contribution in [0.25, 0.3) is 0 Å². The molecular formula is C25H36O2. The first kappa shape index (κ1) is 19.2. The first-order valence-electron chi connectivity index (χ1n) is 11.7. The molecule has 27 heavy (non-hydrogen) atoms. The van der Waals surface area contributed by atoms with Crippen molar-refractivity contribution < 1.29 is 9.59 Å². The van der Waals surface area contributed by atoms with E-state index in [1.165, 1.54) is 36.8 Å². The zero-order valence-electron chi connectivity index (χ0n) is 16.9. The van der Waals surface area contributed by atoms with Crippen LogP contribution in [-0.4, -0.2) is 11.6 Å². The van der Waals surface area contributed by atoms with Gasteiger partial charge in [-0.05, 0) is 83.5 Å². The largest absolute Gasteiger partial charge is 0.299 e. The van der Waals surface area contributed by atoms with Gasteiger partial charge in [0.2, 0.25) is 0 Å². The van der Waals surface area contributed by atoms with E-state index in [1.54, 1.807) is 0 Å². The Morgan fingerprint density at radius 3 is 1.52 bits per heavy atom. The minimum absolute atomic E-state index is 0.139. The van der Waals surface area contributed by atoms with Crippen LogP contribution in [0.5, 0.6) is 0 Å². The molecule has 2 fully saturated rings. The van der Waals surface area contributed by atoms with Crippen LogP contribution in [0.15, 0.2) is 23.3 Å². The lowest BCUT2D eigenvalue weighted by atomic mass is 9.67. The SMILES string of the molecule is O=C1[C@H](C[C@@H]2CCC[C@H](C3=CCCCC3)C2=O)CCC[C@@H]1C1=CCCCC1. The van der Waals surface area contributed by atoms with Gasteiger partial charge in [-0.2, -0.15) is 0 Å². The Bertz CT molecular complexity index is 572. The normalized spacial score (nSPS) is 35.6. The third-order valence-corrected chi connectivity index (χ3v) is 7.70. The van der Waals surface area contributed by atoms with E-state index >= 15 is 0 Å². The van der Waals surface area contributed by atoms with Gasteiger partial charge in [-0.25, -0.2) is 0 Å². The topological polar surface area (TPSA) is 34.1 Å². The molecule has 0 saturated heterocycles. The fourth-order valence-corrected chi connectivity index (χ4v) is 6.18. The van der Waals surface area contributed by atoms with E-state index in [9.17, 15) is 9.59 Å². The molecule has 2 heteroatoms. The van der Waals surface area contributed by atoms with Crippen molar-refractivity contribution in [1.82, 2.24) is 0 Å². The van der Waals surface area contributed by atoms with Crippen LogP contribution >= 0.6 is 0 Å². The number of allylic oxidation sites excluding steroid dienone is 4. The van der Waals surface area contributed by atoms with Crippen LogP contribution in [-0.2, 0) is 9.59 Å². The van der Waals surface area contributed by atoms with Crippen LogP contribution in [0.3, 0.4) is 0 Å². The summed E-state index contributed by atoms with van der Waals surface area (Å²) in [5.41, 5.74) is 2.85. The van der Waals surface area contributed by atoms with Crippen LogP contribution in [0.2, 0.25) is 0 Å². The Morgan fingerprint density at radius 1 is 0.630 bits per heavy atom. The Morgan fingerprint density at radius 2 is 1.11 bits per heavy atom. The number of carbonyl (C=O) groups is 2. The van der Waals surface area contributed by atoms with Crippen LogP contribution in [0.1, 0.15) is 96.3 Å². The minimum atomic E-state index is 0.139. The average molecular weight is 369 g/mol. The van der Waals surface area contributed by atoms with Gasteiger partial charge in [0.15, 0.2) is 0 Å². The van der Waals surface area contributed by atoms with Gasteiger partial charge in [-0.1, -0.05) is 36.1 Å². The summed E-state index contributed by atoms with van der Waals surface area (Å²) in [4.78, 5) is 26.4. The van der Waals surface area contributed by atoms with Gasteiger partial charge in [0.25, 0.3) is 0 Å².